The highest BCUT2D eigenvalue weighted by atomic mass is 16.2. The molecule has 5 heteroatoms. The van der Waals surface area contributed by atoms with Gasteiger partial charge in [-0.2, -0.15) is 0 Å². The number of nitrogens with zero attached hydrogens (tertiary/aromatic N) is 1. The molecule has 2 aliphatic rings. The summed E-state index contributed by atoms with van der Waals surface area (Å²) in [5.41, 5.74) is 5.95. The molecule has 1 saturated carbocycles. The minimum Gasteiger partial charge on any atom is -0.354 e. The summed E-state index contributed by atoms with van der Waals surface area (Å²) in [6.07, 6.45) is 4.16. The standard InChI is InChI=1S/C13H23N3O2/c1-9(17)16-6-2-3-11(8-16)13(18)15-7-12(14)10-4-5-10/h10-12H,2-8,14H2,1H3,(H,15,18). The first-order chi connectivity index (χ1) is 8.58. The quantitative estimate of drug-likeness (QED) is 0.746. The van der Waals surface area contributed by atoms with E-state index in [2.05, 4.69) is 5.32 Å². The third-order valence-corrected chi connectivity index (χ3v) is 3.98. The zero-order valence-corrected chi connectivity index (χ0v) is 11.0. The Morgan fingerprint density at radius 3 is 2.72 bits per heavy atom. The zero-order valence-electron chi connectivity index (χ0n) is 11.0. The molecule has 2 amide bonds. The van der Waals surface area contributed by atoms with Gasteiger partial charge >= 0.3 is 0 Å². The van der Waals surface area contributed by atoms with Crippen LogP contribution in [0.4, 0.5) is 0 Å². The molecule has 5 nitrogen and oxygen atoms in total. The summed E-state index contributed by atoms with van der Waals surface area (Å²) in [6.45, 7) is 3.46. The molecule has 2 atom stereocenters. The van der Waals surface area contributed by atoms with Gasteiger partial charge in [0.15, 0.2) is 0 Å². The largest absolute Gasteiger partial charge is 0.354 e. The molecule has 3 N–H and O–H groups in total. The molecule has 2 fully saturated rings. The van der Waals surface area contributed by atoms with Gasteiger partial charge in [-0.1, -0.05) is 0 Å². The molecule has 1 saturated heterocycles. The van der Waals surface area contributed by atoms with E-state index in [9.17, 15) is 9.59 Å². The number of piperidine rings is 1. The van der Waals surface area contributed by atoms with Crippen LogP contribution in [0.5, 0.6) is 0 Å². The summed E-state index contributed by atoms with van der Waals surface area (Å²) < 4.78 is 0. The van der Waals surface area contributed by atoms with Crippen LogP contribution in [0.25, 0.3) is 0 Å². The van der Waals surface area contributed by atoms with Crippen molar-refractivity contribution < 1.29 is 9.59 Å². The lowest BCUT2D eigenvalue weighted by Gasteiger charge is -2.31. The van der Waals surface area contributed by atoms with Gasteiger partial charge in [-0.25, -0.2) is 0 Å². The van der Waals surface area contributed by atoms with Crippen LogP contribution in [-0.4, -0.2) is 42.4 Å². The number of likely N-dealkylation sites (tertiary alicyclic amines) is 1. The SMILES string of the molecule is CC(=O)N1CCCC(C(=O)NCC(N)C2CC2)C1. The number of rotatable bonds is 4. The molecule has 0 aromatic rings. The van der Waals surface area contributed by atoms with Crippen molar-refractivity contribution in [1.29, 1.82) is 0 Å². The van der Waals surface area contributed by atoms with E-state index >= 15 is 0 Å². The van der Waals surface area contributed by atoms with E-state index in [-0.39, 0.29) is 23.8 Å². The number of nitrogens with one attached hydrogen (secondary N) is 1. The van der Waals surface area contributed by atoms with Crippen molar-refractivity contribution in [1.82, 2.24) is 10.2 Å². The van der Waals surface area contributed by atoms with Crippen LogP contribution in [0.2, 0.25) is 0 Å². The fourth-order valence-electron chi connectivity index (χ4n) is 2.53. The molecule has 18 heavy (non-hydrogen) atoms. The van der Waals surface area contributed by atoms with Gasteiger partial charge in [0, 0.05) is 32.6 Å². The van der Waals surface area contributed by atoms with Gasteiger partial charge in [0.05, 0.1) is 5.92 Å². The van der Waals surface area contributed by atoms with E-state index in [4.69, 9.17) is 5.73 Å². The molecule has 0 spiro atoms. The highest BCUT2D eigenvalue weighted by Gasteiger charge is 2.30. The molecule has 0 aromatic heterocycles. The highest BCUT2D eigenvalue weighted by Crippen LogP contribution is 2.31. The van der Waals surface area contributed by atoms with Crippen molar-refractivity contribution in [3.8, 4) is 0 Å². The van der Waals surface area contributed by atoms with Gasteiger partial charge in [-0.15, -0.1) is 0 Å². The lowest BCUT2D eigenvalue weighted by atomic mass is 9.97. The minimum absolute atomic E-state index is 0.0528. The zero-order chi connectivity index (χ0) is 13.1. The van der Waals surface area contributed by atoms with Gasteiger partial charge in [0.25, 0.3) is 0 Å². The van der Waals surface area contributed by atoms with Crippen molar-refractivity contribution in [2.45, 2.75) is 38.6 Å². The maximum absolute atomic E-state index is 12.0. The van der Waals surface area contributed by atoms with Crippen molar-refractivity contribution >= 4 is 11.8 Å². The normalized spacial score (nSPS) is 25.7. The van der Waals surface area contributed by atoms with Crippen LogP contribution >= 0.6 is 0 Å². The average molecular weight is 253 g/mol. The summed E-state index contributed by atoms with van der Waals surface area (Å²) in [4.78, 5) is 25.1. The van der Waals surface area contributed by atoms with E-state index in [1.54, 1.807) is 11.8 Å². The van der Waals surface area contributed by atoms with E-state index in [0.717, 1.165) is 19.4 Å². The molecule has 0 radical (unpaired) electrons. The molecular weight excluding hydrogens is 230 g/mol. The van der Waals surface area contributed by atoms with E-state index in [1.807, 2.05) is 0 Å². The first-order valence-electron chi connectivity index (χ1n) is 6.86. The van der Waals surface area contributed by atoms with Crippen LogP contribution in [-0.2, 0) is 9.59 Å². The van der Waals surface area contributed by atoms with Crippen LogP contribution in [0.1, 0.15) is 32.6 Å². The van der Waals surface area contributed by atoms with Gasteiger partial charge in [0.2, 0.25) is 11.8 Å². The maximum Gasteiger partial charge on any atom is 0.224 e. The molecule has 1 aliphatic carbocycles. The molecule has 102 valence electrons. The molecule has 1 aliphatic heterocycles. The Labute approximate surface area is 108 Å². The molecule has 0 aromatic carbocycles. The highest BCUT2D eigenvalue weighted by molar-refractivity contribution is 5.80. The molecular formula is C13H23N3O2. The summed E-state index contributed by atoms with van der Waals surface area (Å²) in [6, 6.07) is 0.0986. The van der Waals surface area contributed by atoms with Crippen LogP contribution in [0.3, 0.4) is 0 Å². The van der Waals surface area contributed by atoms with Gasteiger partial charge < -0.3 is 16.0 Å². The lowest BCUT2D eigenvalue weighted by molar-refractivity contribution is -0.133. The molecule has 1 heterocycles. The first-order valence-corrected chi connectivity index (χ1v) is 6.86. The molecule has 0 bridgehead atoms. The average Bonchev–Trinajstić information content (AvgIpc) is 3.20. The summed E-state index contributed by atoms with van der Waals surface area (Å²) >= 11 is 0. The van der Waals surface area contributed by atoms with Gasteiger partial charge in [0.1, 0.15) is 0 Å². The number of nitrogens with two attached hydrogens (primary N) is 1. The van der Waals surface area contributed by atoms with Crippen molar-refractivity contribution in [2.24, 2.45) is 17.6 Å². The first kappa shape index (κ1) is 13.3. The van der Waals surface area contributed by atoms with Gasteiger partial charge in [-0.3, -0.25) is 9.59 Å². The summed E-state index contributed by atoms with van der Waals surface area (Å²) in [7, 11) is 0. The summed E-state index contributed by atoms with van der Waals surface area (Å²) in [5, 5.41) is 2.93. The lowest BCUT2D eigenvalue weighted by Crippen LogP contribution is -2.47. The Balaban J connectivity index is 1.75. The van der Waals surface area contributed by atoms with E-state index in [1.165, 1.54) is 12.8 Å². The predicted molar refractivity (Wildman–Crippen MR) is 68.7 cm³/mol. The number of hydrogen-bond acceptors (Lipinski definition) is 3. The third-order valence-electron chi connectivity index (χ3n) is 3.98. The maximum atomic E-state index is 12.0. The Bertz CT molecular complexity index is 328. The topological polar surface area (TPSA) is 75.4 Å². The van der Waals surface area contributed by atoms with E-state index in [0.29, 0.717) is 19.0 Å². The van der Waals surface area contributed by atoms with Gasteiger partial charge in [-0.05, 0) is 31.6 Å². The Morgan fingerprint density at radius 1 is 1.39 bits per heavy atom. The summed E-state index contributed by atoms with van der Waals surface area (Å²) in [5.74, 6) is 0.652. The fraction of sp³-hybridized carbons (Fsp3) is 0.846. The van der Waals surface area contributed by atoms with Crippen molar-refractivity contribution in [3.63, 3.8) is 0 Å². The van der Waals surface area contributed by atoms with E-state index < -0.39 is 0 Å². The number of carbonyl (C=O) groups excluding carboxylic acids is 2. The van der Waals surface area contributed by atoms with Crippen LogP contribution in [0, 0.1) is 11.8 Å². The van der Waals surface area contributed by atoms with Crippen molar-refractivity contribution in [3.05, 3.63) is 0 Å². The number of amides is 2. The monoisotopic (exact) mass is 253 g/mol. The molecule has 2 unspecified atom stereocenters. The van der Waals surface area contributed by atoms with Crippen LogP contribution < -0.4 is 11.1 Å². The third kappa shape index (κ3) is 3.45. The second-order valence-corrected chi connectivity index (χ2v) is 5.55. The second-order valence-electron chi connectivity index (χ2n) is 5.55. The van der Waals surface area contributed by atoms with Crippen LogP contribution in [0.15, 0.2) is 0 Å². The smallest absolute Gasteiger partial charge is 0.224 e. The minimum atomic E-state index is -0.0611. The van der Waals surface area contributed by atoms with Crippen molar-refractivity contribution in [2.75, 3.05) is 19.6 Å². The Morgan fingerprint density at radius 2 is 2.11 bits per heavy atom. The fourth-order valence-corrected chi connectivity index (χ4v) is 2.53. The Kier molecular flexibility index (Phi) is 4.22. The molecule has 2 rings (SSSR count). The second kappa shape index (κ2) is 5.69. The number of carbonyl (C=O) groups is 2. The number of hydrogen-bond donors (Lipinski definition) is 2. The Hall–Kier alpha value is -1.10. The predicted octanol–water partition coefficient (Wildman–Crippen LogP) is 0.0984.